The SMILES string of the molecule is CCn1c(C)nc2cc(C(=O)N/N=C\c3ccc4ccccc4c3)ccc21. The molecule has 5 nitrogen and oxygen atoms in total. The molecule has 4 aromatic rings. The molecule has 1 heterocycles. The lowest BCUT2D eigenvalue weighted by Crippen LogP contribution is -2.17. The van der Waals surface area contributed by atoms with Crippen LogP contribution < -0.4 is 5.43 Å². The summed E-state index contributed by atoms with van der Waals surface area (Å²) < 4.78 is 2.12. The van der Waals surface area contributed by atoms with Crippen LogP contribution in [-0.4, -0.2) is 21.7 Å². The summed E-state index contributed by atoms with van der Waals surface area (Å²) in [6.45, 7) is 4.90. The molecule has 1 aromatic heterocycles. The zero-order valence-corrected chi connectivity index (χ0v) is 15.3. The van der Waals surface area contributed by atoms with E-state index in [9.17, 15) is 4.79 Å². The van der Waals surface area contributed by atoms with Gasteiger partial charge in [0, 0.05) is 12.1 Å². The number of fused-ring (bicyclic) bond motifs is 2. The number of hydrazone groups is 1. The molecule has 134 valence electrons. The molecule has 0 radical (unpaired) electrons. The van der Waals surface area contributed by atoms with Crippen molar-refractivity contribution in [3.63, 3.8) is 0 Å². The molecule has 0 saturated carbocycles. The van der Waals surface area contributed by atoms with E-state index in [2.05, 4.69) is 39.1 Å². The highest BCUT2D eigenvalue weighted by molar-refractivity contribution is 5.98. The minimum absolute atomic E-state index is 0.252. The summed E-state index contributed by atoms with van der Waals surface area (Å²) in [4.78, 5) is 16.9. The van der Waals surface area contributed by atoms with E-state index in [0.717, 1.165) is 34.4 Å². The van der Waals surface area contributed by atoms with Crippen molar-refractivity contribution in [2.24, 2.45) is 5.10 Å². The average molecular weight is 356 g/mol. The Morgan fingerprint density at radius 3 is 2.74 bits per heavy atom. The first kappa shape index (κ1) is 17.0. The molecule has 0 spiro atoms. The van der Waals surface area contributed by atoms with E-state index in [1.807, 2.05) is 43.3 Å². The lowest BCUT2D eigenvalue weighted by atomic mass is 10.1. The Bertz CT molecular complexity index is 1170. The highest BCUT2D eigenvalue weighted by Gasteiger charge is 2.10. The molecule has 1 amide bonds. The standard InChI is InChI=1S/C22H20N4O/c1-3-26-15(2)24-20-13-19(10-11-21(20)26)22(27)25-23-14-16-8-9-17-6-4-5-7-18(17)12-16/h4-14H,3H2,1-2H3,(H,25,27)/b23-14-. The molecular formula is C22H20N4O. The molecule has 0 unspecified atom stereocenters. The predicted octanol–water partition coefficient (Wildman–Crippen LogP) is 4.28. The molecule has 0 aliphatic rings. The Balaban J connectivity index is 1.51. The van der Waals surface area contributed by atoms with Gasteiger partial charge in [-0.15, -0.1) is 0 Å². The second kappa shape index (κ2) is 7.03. The van der Waals surface area contributed by atoms with Crippen molar-refractivity contribution in [1.82, 2.24) is 15.0 Å². The Hall–Kier alpha value is -3.47. The maximum atomic E-state index is 12.4. The molecule has 0 bridgehead atoms. The van der Waals surface area contributed by atoms with Gasteiger partial charge in [-0.1, -0.05) is 36.4 Å². The normalized spacial score (nSPS) is 11.5. The van der Waals surface area contributed by atoms with E-state index in [1.165, 1.54) is 5.39 Å². The summed E-state index contributed by atoms with van der Waals surface area (Å²) in [6.07, 6.45) is 1.65. The minimum atomic E-state index is -0.252. The minimum Gasteiger partial charge on any atom is -0.329 e. The highest BCUT2D eigenvalue weighted by atomic mass is 16.2. The van der Waals surface area contributed by atoms with Crippen molar-refractivity contribution in [3.05, 3.63) is 77.6 Å². The number of aromatic nitrogens is 2. The Kier molecular flexibility index (Phi) is 4.42. The van der Waals surface area contributed by atoms with Crippen LogP contribution in [0, 0.1) is 6.92 Å². The number of nitrogens with one attached hydrogen (secondary N) is 1. The fourth-order valence-electron chi connectivity index (χ4n) is 3.31. The summed E-state index contributed by atoms with van der Waals surface area (Å²) >= 11 is 0. The molecule has 0 fully saturated rings. The van der Waals surface area contributed by atoms with Gasteiger partial charge in [-0.05, 0) is 54.4 Å². The van der Waals surface area contributed by atoms with Crippen molar-refractivity contribution < 1.29 is 4.79 Å². The third-order valence-corrected chi connectivity index (χ3v) is 4.67. The van der Waals surface area contributed by atoms with Gasteiger partial charge in [0.05, 0.1) is 17.2 Å². The van der Waals surface area contributed by atoms with Crippen LogP contribution in [0.25, 0.3) is 21.8 Å². The van der Waals surface area contributed by atoms with E-state index in [-0.39, 0.29) is 5.91 Å². The van der Waals surface area contributed by atoms with Crippen molar-refractivity contribution >= 4 is 33.9 Å². The number of rotatable bonds is 4. The number of aryl methyl sites for hydroxylation is 2. The largest absolute Gasteiger partial charge is 0.329 e. The monoisotopic (exact) mass is 356 g/mol. The maximum Gasteiger partial charge on any atom is 0.271 e. The van der Waals surface area contributed by atoms with Crippen LogP contribution in [0.2, 0.25) is 0 Å². The molecule has 0 aliphatic carbocycles. The van der Waals surface area contributed by atoms with Crippen molar-refractivity contribution in [1.29, 1.82) is 0 Å². The second-order valence-electron chi connectivity index (χ2n) is 6.41. The molecule has 0 saturated heterocycles. The van der Waals surface area contributed by atoms with Crippen LogP contribution in [0.3, 0.4) is 0 Å². The van der Waals surface area contributed by atoms with Gasteiger partial charge in [0.2, 0.25) is 0 Å². The lowest BCUT2D eigenvalue weighted by molar-refractivity contribution is 0.0955. The van der Waals surface area contributed by atoms with Gasteiger partial charge >= 0.3 is 0 Å². The maximum absolute atomic E-state index is 12.4. The number of benzene rings is 3. The first-order valence-corrected chi connectivity index (χ1v) is 8.95. The molecule has 5 heteroatoms. The van der Waals surface area contributed by atoms with Crippen LogP contribution >= 0.6 is 0 Å². The van der Waals surface area contributed by atoms with Gasteiger partial charge < -0.3 is 4.57 Å². The quantitative estimate of drug-likeness (QED) is 0.438. The van der Waals surface area contributed by atoms with Gasteiger partial charge in [-0.2, -0.15) is 5.10 Å². The molecule has 27 heavy (non-hydrogen) atoms. The van der Waals surface area contributed by atoms with E-state index in [1.54, 1.807) is 18.3 Å². The number of nitrogens with zero attached hydrogens (tertiary/aromatic N) is 3. The summed E-state index contributed by atoms with van der Waals surface area (Å²) in [5.41, 5.74) is 5.92. The van der Waals surface area contributed by atoms with Crippen molar-refractivity contribution in [2.75, 3.05) is 0 Å². The molecule has 4 rings (SSSR count). The Morgan fingerprint density at radius 2 is 1.93 bits per heavy atom. The van der Waals surface area contributed by atoms with E-state index in [0.29, 0.717) is 5.56 Å². The molecule has 0 atom stereocenters. The van der Waals surface area contributed by atoms with E-state index >= 15 is 0 Å². The van der Waals surface area contributed by atoms with Crippen LogP contribution in [-0.2, 0) is 6.54 Å². The zero-order chi connectivity index (χ0) is 18.8. The van der Waals surface area contributed by atoms with Crippen molar-refractivity contribution in [3.8, 4) is 0 Å². The molecule has 0 aliphatic heterocycles. The fourth-order valence-corrected chi connectivity index (χ4v) is 3.31. The third kappa shape index (κ3) is 3.31. The first-order chi connectivity index (χ1) is 13.2. The van der Waals surface area contributed by atoms with Crippen LogP contribution in [0.4, 0.5) is 0 Å². The smallest absolute Gasteiger partial charge is 0.271 e. The number of amides is 1. The van der Waals surface area contributed by atoms with E-state index < -0.39 is 0 Å². The Labute approximate surface area is 157 Å². The van der Waals surface area contributed by atoms with Crippen LogP contribution in [0.1, 0.15) is 28.7 Å². The third-order valence-electron chi connectivity index (χ3n) is 4.67. The van der Waals surface area contributed by atoms with Gasteiger partial charge in [0.1, 0.15) is 5.82 Å². The zero-order valence-electron chi connectivity index (χ0n) is 15.3. The summed E-state index contributed by atoms with van der Waals surface area (Å²) in [5, 5.41) is 6.41. The summed E-state index contributed by atoms with van der Waals surface area (Å²) in [7, 11) is 0. The number of hydrogen-bond donors (Lipinski definition) is 1. The molecule has 1 N–H and O–H groups in total. The number of carbonyl (C=O) groups is 1. The average Bonchev–Trinajstić information content (AvgIpc) is 3.01. The molecule has 3 aromatic carbocycles. The highest BCUT2D eigenvalue weighted by Crippen LogP contribution is 2.18. The number of hydrogen-bond acceptors (Lipinski definition) is 3. The van der Waals surface area contributed by atoms with Crippen LogP contribution in [0.5, 0.6) is 0 Å². The summed E-state index contributed by atoms with van der Waals surface area (Å²) in [6, 6.07) is 19.7. The van der Waals surface area contributed by atoms with Gasteiger partial charge in [-0.3, -0.25) is 4.79 Å². The Morgan fingerprint density at radius 1 is 1.11 bits per heavy atom. The van der Waals surface area contributed by atoms with Crippen molar-refractivity contribution in [2.45, 2.75) is 20.4 Å². The lowest BCUT2D eigenvalue weighted by Gasteiger charge is -2.03. The number of imidazole rings is 1. The van der Waals surface area contributed by atoms with Crippen LogP contribution in [0.15, 0.2) is 65.8 Å². The predicted molar refractivity (Wildman–Crippen MR) is 109 cm³/mol. The fraction of sp³-hybridized carbons (Fsp3) is 0.136. The van der Waals surface area contributed by atoms with Gasteiger partial charge in [0.25, 0.3) is 5.91 Å². The molecular weight excluding hydrogens is 336 g/mol. The number of carbonyl (C=O) groups excluding carboxylic acids is 1. The van der Waals surface area contributed by atoms with E-state index in [4.69, 9.17) is 0 Å². The second-order valence-corrected chi connectivity index (χ2v) is 6.41. The first-order valence-electron chi connectivity index (χ1n) is 8.95. The van der Waals surface area contributed by atoms with Gasteiger partial charge in [-0.25, -0.2) is 10.4 Å². The summed E-state index contributed by atoms with van der Waals surface area (Å²) in [5.74, 6) is 0.692. The van der Waals surface area contributed by atoms with Gasteiger partial charge in [0.15, 0.2) is 0 Å². The topological polar surface area (TPSA) is 59.3 Å².